The highest BCUT2D eigenvalue weighted by molar-refractivity contribution is 8.13. The van der Waals surface area contributed by atoms with E-state index in [4.69, 9.17) is 21.7 Å². The van der Waals surface area contributed by atoms with Gasteiger partial charge in [-0.1, -0.05) is 46.6 Å². The molecular weight excluding hydrogens is 380 g/mol. The number of hydrogen-bond acceptors (Lipinski definition) is 5. The zero-order valence-electron chi connectivity index (χ0n) is 12.9. The highest BCUT2D eigenvalue weighted by Crippen LogP contribution is 2.27. The molecule has 0 heterocycles. The van der Waals surface area contributed by atoms with Gasteiger partial charge in [-0.05, 0) is 34.8 Å². The molecule has 0 aliphatic rings. The normalized spacial score (nSPS) is 10.8. The Balaban J connectivity index is 2.35. The van der Waals surface area contributed by atoms with Crippen molar-refractivity contribution in [3.8, 4) is 0 Å². The maximum absolute atomic E-state index is 12.2. The smallest absolute Gasteiger partial charge is 0.261 e. The van der Waals surface area contributed by atoms with Gasteiger partial charge in [-0.2, -0.15) is 0 Å². The van der Waals surface area contributed by atoms with Gasteiger partial charge in [0.1, 0.15) is 0 Å². The van der Waals surface area contributed by atoms with E-state index >= 15 is 0 Å². The first-order valence-corrected chi connectivity index (χ1v) is 9.17. The molecule has 130 valence electrons. The van der Waals surface area contributed by atoms with Crippen molar-refractivity contribution in [1.29, 1.82) is 0 Å². The molecule has 9 nitrogen and oxygen atoms in total. The lowest BCUT2D eigenvalue weighted by Gasteiger charge is -2.04. The van der Waals surface area contributed by atoms with Gasteiger partial charge in [0.05, 0.1) is 4.90 Å². The van der Waals surface area contributed by atoms with E-state index in [-0.39, 0.29) is 16.1 Å². The minimum Gasteiger partial charge on any atom is -0.289 e. The van der Waals surface area contributed by atoms with E-state index in [1.807, 2.05) is 0 Å². The molecule has 0 aliphatic carbocycles. The van der Waals surface area contributed by atoms with Crippen LogP contribution in [0.25, 0.3) is 27.0 Å². The lowest BCUT2D eigenvalue weighted by Crippen LogP contribution is -1.96. The largest absolute Gasteiger partial charge is 0.289 e. The molecule has 2 aromatic carbocycles. The molecule has 2 rings (SSSR count). The lowest BCUT2D eigenvalue weighted by molar-refractivity contribution is 0.104. The summed E-state index contributed by atoms with van der Waals surface area (Å²) < 4.78 is 23.4. The van der Waals surface area contributed by atoms with Crippen LogP contribution >= 0.6 is 10.7 Å². The van der Waals surface area contributed by atoms with Crippen LogP contribution in [-0.2, 0) is 9.05 Å². The standard InChI is InChI=1S/C15H9ClN6O3S/c16-26(24,25)15-9-13(20-22-18)7-3-11(15)4-8-14(23)10-1-5-12(6-2-10)19-21-17/h1-9H. The van der Waals surface area contributed by atoms with E-state index in [9.17, 15) is 13.2 Å². The summed E-state index contributed by atoms with van der Waals surface area (Å²) in [4.78, 5) is 17.1. The number of halogens is 1. The minimum atomic E-state index is -4.12. The Morgan fingerprint density at radius 2 is 1.58 bits per heavy atom. The highest BCUT2D eigenvalue weighted by atomic mass is 35.7. The molecular formula is C15H9ClN6O3S. The van der Waals surface area contributed by atoms with Crippen LogP contribution in [0.5, 0.6) is 0 Å². The third-order valence-electron chi connectivity index (χ3n) is 3.15. The number of nitrogens with zero attached hydrogens (tertiary/aromatic N) is 6. The van der Waals surface area contributed by atoms with Crippen molar-refractivity contribution in [1.82, 2.24) is 0 Å². The SMILES string of the molecule is [N-]=[N+]=Nc1ccc(C(=O)C=Cc2ccc(N=[N+]=[N-])cc2S(=O)(=O)Cl)cc1. The number of carbonyl (C=O) groups excluding carboxylic acids is 1. The van der Waals surface area contributed by atoms with Crippen LogP contribution in [0.1, 0.15) is 15.9 Å². The maximum atomic E-state index is 12.2. The third-order valence-corrected chi connectivity index (χ3v) is 4.52. The molecule has 0 fully saturated rings. The van der Waals surface area contributed by atoms with Crippen molar-refractivity contribution in [3.05, 3.63) is 80.6 Å². The second-order valence-electron chi connectivity index (χ2n) is 4.78. The molecule has 0 unspecified atom stereocenters. The maximum Gasteiger partial charge on any atom is 0.261 e. The van der Waals surface area contributed by atoms with Crippen molar-refractivity contribution in [2.45, 2.75) is 4.90 Å². The molecule has 0 bridgehead atoms. The summed E-state index contributed by atoms with van der Waals surface area (Å²) in [5.74, 6) is -0.394. The van der Waals surface area contributed by atoms with Crippen LogP contribution in [0.15, 0.2) is 63.7 Å². The Morgan fingerprint density at radius 3 is 2.15 bits per heavy atom. The summed E-state index contributed by atoms with van der Waals surface area (Å²) in [6.45, 7) is 0. The first-order valence-electron chi connectivity index (χ1n) is 6.86. The molecule has 0 saturated carbocycles. The molecule has 11 heteroatoms. The van der Waals surface area contributed by atoms with Gasteiger partial charge in [0, 0.05) is 37.4 Å². The molecule has 26 heavy (non-hydrogen) atoms. The zero-order chi connectivity index (χ0) is 19.2. The summed E-state index contributed by atoms with van der Waals surface area (Å²) in [6.07, 6.45) is 2.47. The Hall–Kier alpha value is -3.29. The highest BCUT2D eigenvalue weighted by Gasteiger charge is 2.15. The van der Waals surface area contributed by atoms with Gasteiger partial charge < -0.3 is 0 Å². The van der Waals surface area contributed by atoms with Crippen LogP contribution in [0.2, 0.25) is 0 Å². The number of azide groups is 2. The number of hydrogen-bond donors (Lipinski definition) is 0. The fraction of sp³-hybridized carbons (Fsp3) is 0. The van der Waals surface area contributed by atoms with Crippen molar-refractivity contribution in [2.75, 3.05) is 0 Å². The molecule has 0 amide bonds. The van der Waals surface area contributed by atoms with Gasteiger partial charge in [-0.25, -0.2) is 8.42 Å². The van der Waals surface area contributed by atoms with Crippen LogP contribution in [-0.4, -0.2) is 14.2 Å². The summed E-state index contributed by atoms with van der Waals surface area (Å²) >= 11 is 0. The fourth-order valence-electron chi connectivity index (χ4n) is 1.99. The molecule has 0 spiro atoms. The lowest BCUT2D eigenvalue weighted by atomic mass is 10.1. The molecule has 2 aromatic rings. The first kappa shape index (κ1) is 19.0. The van der Waals surface area contributed by atoms with Crippen molar-refractivity contribution in [2.24, 2.45) is 10.2 Å². The second kappa shape index (κ2) is 8.19. The van der Waals surface area contributed by atoms with E-state index in [0.29, 0.717) is 11.3 Å². The van der Waals surface area contributed by atoms with Crippen LogP contribution in [0.3, 0.4) is 0 Å². The number of carbonyl (C=O) groups is 1. The average Bonchev–Trinajstić information content (AvgIpc) is 2.60. The second-order valence-corrected chi connectivity index (χ2v) is 7.32. The van der Waals surface area contributed by atoms with Crippen molar-refractivity contribution in [3.63, 3.8) is 0 Å². The van der Waals surface area contributed by atoms with Gasteiger partial charge in [-0.15, -0.1) is 0 Å². The molecule has 0 N–H and O–H groups in total. The monoisotopic (exact) mass is 388 g/mol. The Labute approximate surface area is 152 Å². The van der Waals surface area contributed by atoms with Gasteiger partial charge in [-0.3, -0.25) is 4.79 Å². The van der Waals surface area contributed by atoms with Crippen LogP contribution in [0.4, 0.5) is 11.4 Å². The molecule has 0 atom stereocenters. The van der Waals surface area contributed by atoms with Gasteiger partial charge >= 0.3 is 0 Å². The minimum absolute atomic E-state index is 0.0730. The predicted octanol–water partition coefficient (Wildman–Crippen LogP) is 5.39. The Morgan fingerprint density at radius 1 is 1.00 bits per heavy atom. The van der Waals surface area contributed by atoms with E-state index in [1.54, 1.807) is 0 Å². The van der Waals surface area contributed by atoms with E-state index in [1.165, 1.54) is 48.6 Å². The Bertz CT molecular complexity index is 1080. The van der Waals surface area contributed by atoms with Gasteiger partial charge in [0.2, 0.25) is 0 Å². The number of allylic oxidation sites excluding steroid dienone is 1. The topological polar surface area (TPSA) is 149 Å². The molecule has 0 aromatic heterocycles. The quantitative estimate of drug-likeness (QED) is 0.163. The summed E-state index contributed by atoms with van der Waals surface area (Å²) in [7, 11) is 1.28. The van der Waals surface area contributed by atoms with Crippen molar-refractivity contribution < 1.29 is 13.2 Å². The zero-order valence-corrected chi connectivity index (χ0v) is 14.5. The summed E-state index contributed by atoms with van der Waals surface area (Å²) in [6, 6.07) is 9.77. The number of ketones is 1. The van der Waals surface area contributed by atoms with Crippen molar-refractivity contribution >= 4 is 43.0 Å². The first-order chi connectivity index (χ1) is 12.3. The number of rotatable bonds is 6. The Kier molecular flexibility index (Phi) is 6.00. The van der Waals surface area contributed by atoms with Gasteiger partial charge in [0.25, 0.3) is 9.05 Å². The van der Waals surface area contributed by atoms with E-state index < -0.39 is 14.8 Å². The van der Waals surface area contributed by atoms with Crippen LogP contribution < -0.4 is 0 Å². The molecule has 0 aliphatic heterocycles. The van der Waals surface area contributed by atoms with Crippen LogP contribution in [0, 0.1) is 0 Å². The summed E-state index contributed by atoms with van der Waals surface area (Å²) in [5.41, 5.74) is 17.7. The van der Waals surface area contributed by atoms with Gasteiger partial charge in [0.15, 0.2) is 5.78 Å². The number of benzene rings is 2. The fourth-order valence-corrected chi connectivity index (χ4v) is 3.07. The van der Waals surface area contributed by atoms with E-state index in [2.05, 4.69) is 20.1 Å². The average molecular weight is 389 g/mol. The molecule has 0 radical (unpaired) electrons. The summed E-state index contributed by atoms with van der Waals surface area (Å²) in [5, 5.41) is 6.72. The molecule has 0 saturated heterocycles. The third kappa shape index (κ3) is 4.85. The predicted molar refractivity (Wildman–Crippen MR) is 96.9 cm³/mol. The van der Waals surface area contributed by atoms with E-state index in [0.717, 1.165) is 6.07 Å².